The lowest BCUT2D eigenvalue weighted by atomic mass is 10.1. The van der Waals surface area contributed by atoms with Gasteiger partial charge in [-0.05, 0) is 42.5 Å². The Hall–Kier alpha value is -2.00. The Balaban J connectivity index is 1.95. The molecular weight excluding hydrogens is 414 g/mol. The van der Waals surface area contributed by atoms with Gasteiger partial charge in [-0.25, -0.2) is 21.6 Å². The Morgan fingerprint density at radius 1 is 0.929 bits per heavy atom. The normalized spacial score (nSPS) is 13.4. The molecule has 0 saturated carbocycles. The molecule has 3 aromatic rings. The van der Waals surface area contributed by atoms with Crippen molar-refractivity contribution in [2.75, 3.05) is 6.54 Å². The summed E-state index contributed by atoms with van der Waals surface area (Å²) in [6.45, 7) is 3.36. The molecule has 0 aliphatic rings. The first-order valence-corrected chi connectivity index (χ1v) is 12.5. The number of hydrogen-bond donors (Lipinski definition) is 1. The maximum Gasteiger partial charge on any atom is 0.240 e. The molecule has 0 aliphatic carbocycles. The fraction of sp³-hybridized carbons (Fsp3) is 0.200. The molecule has 0 saturated heterocycles. The first kappa shape index (κ1) is 20.7. The molecule has 28 heavy (non-hydrogen) atoms. The maximum atomic E-state index is 13.1. The zero-order valence-corrected chi connectivity index (χ0v) is 17.9. The van der Waals surface area contributed by atoms with E-state index in [0.29, 0.717) is 11.1 Å². The number of sulfone groups is 1. The number of aryl methyl sites for hydroxylation is 2. The fourth-order valence-electron chi connectivity index (χ4n) is 3.00. The van der Waals surface area contributed by atoms with Crippen LogP contribution in [0.3, 0.4) is 0 Å². The van der Waals surface area contributed by atoms with Gasteiger partial charge in [0.15, 0.2) is 9.84 Å². The molecule has 0 bridgehead atoms. The molecule has 5 nitrogen and oxygen atoms in total. The van der Waals surface area contributed by atoms with E-state index < -0.39 is 25.1 Å². The molecule has 0 aliphatic heterocycles. The number of benzene rings is 2. The molecule has 1 N–H and O–H groups in total. The van der Waals surface area contributed by atoms with Crippen molar-refractivity contribution in [2.24, 2.45) is 0 Å². The minimum Gasteiger partial charge on any atom is -0.222 e. The average molecular weight is 436 g/mol. The number of thiophene rings is 1. The molecule has 3 rings (SSSR count). The standard InChI is InChI=1S/C20H21NO4S3/c1-15-10-11-18(16(2)13-15)28(24,25)21-14-19(17-7-4-3-5-8-17)27(22,23)20-9-6-12-26-20/h3-13,19,21H,14H2,1-2H3. The quantitative estimate of drug-likeness (QED) is 0.611. The van der Waals surface area contributed by atoms with Gasteiger partial charge in [0.05, 0.1) is 4.90 Å². The van der Waals surface area contributed by atoms with Crippen LogP contribution in [-0.2, 0) is 19.9 Å². The highest BCUT2D eigenvalue weighted by Gasteiger charge is 2.31. The summed E-state index contributed by atoms with van der Waals surface area (Å²) in [5.41, 5.74) is 2.11. The van der Waals surface area contributed by atoms with Gasteiger partial charge in [0, 0.05) is 6.54 Å². The van der Waals surface area contributed by atoms with Crippen LogP contribution in [0, 0.1) is 13.8 Å². The SMILES string of the molecule is Cc1ccc(S(=O)(=O)NCC(c2ccccc2)S(=O)(=O)c2cccs2)c(C)c1. The van der Waals surface area contributed by atoms with E-state index in [1.165, 1.54) is 12.1 Å². The average Bonchev–Trinajstić information content (AvgIpc) is 3.17. The second kappa shape index (κ2) is 8.16. The van der Waals surface area contributed by atoms with Crippen LogP contribution in [0.1, 0.15) is 21.9 Å². The van der Waals surface area contributed by atoms with E-state index in [-0.39, 0.29) is 15.6 Å². The summed E-state index contributed by atoms with van der Waals surface area (Å²) in [4.78, 5) is 0.151. The van der Waals surface area contributed by atoms with Gasteiger partial charge in [-0.3, -0.25) is 0 Å². The zero-order valence-electron chi connectivity index (χ0n) is 15.5. The Kier molecular flexibility index (Phi) is 6.04. The van der Waals surface area contributed by atoms with E-state index in [4.69, 9.17) is 0 Å². The second-order valence-electron chi connectivity index (χ2n) is 6.50. The Bertz CT molecular complexity index is 1150. The molecule has 0 radical (unpaired) electrons. The Morgan fingerprint density at radius 2 is 1.64 bits per heavy atom. The van der Waals surface area contributed by atoms with Gasteiger partial charge in [-0.2, -0.15) is 0 Å². The van der Waals surface area contributed by atoms with Crippen molar-refractivity contribution >= 4 is 31.2 Å². The van der Waals surface area contributed by atoms with Crippen LogP contribution in [0.15, 0.2) is 75.1 Å². The van der Waals surface area contributed by atoms with Crippen LogP contribution in [-0.4, -0.2) is 23.4 Å². The summed E-state index contributed by atoms with van der Waals surface area (Å²) in [6, 6.07) is 16.9. The summed E-state index contributed by atoms with van der Waals surface area (Å²) in [7, 11) is -7.59. The molecule has 1 atom stereocenters. The monoisotopic (exact) mass is 435 g/mol. The fourth-order valence-corrected chi connectivity index (χ4v) is 7.25. The Labute approximate surface area is 170 Å². The van der Waals surface area contributed by atoms with Gasteiger partial charge in [0.2, 0.25) is 10.0 Å². The van der Waals surface area contributed by atoms with Crippen LogP contribution in [0.25, 0.3) is 0 Å². The van der Waals surface area contributed by atoms with Crippen LogP contribution in [0.5, 0.6) is 0 Å². The molecule has 148 valence electrons. The van der Waals surface area contributed by atoms with Crippen LogP contribution < -0.4 is 4.72 Å². The lowest BCUT2D eigenvalue weighted by Crippen LogP contribution is -2.32. The number of hydrogen-bond acceptors (Lipinski definition) is 5. The number of sulfonamides is 1. The maximum absolute atomic E-state index is 13.1. The first-order valence-electron chi connectivity index (χ1n) is 8.61. The smallest absolute Gasteiger partial charge is 0.222 e. The summed E-state index contributed by atoms with van der Waals surface area (Å²) < 4.78 is 54.6. The van der Waals surface area contributed by atoms with Crippen molar-refractivity contribution in [1.29, 1.82) is 0 Å². The topological polar surface area (TPSA) is 80.3 Å². The number of nitrogens with one attached hydrogen (secondary N) is 1. The van der Waals surface area contributed by atoms with Crippen molar-refractivity contribution < 1.29 is 16.8 Å². The Morgan fingerprint density at radius 3 is 2.25 bits per heavy atom. The molecule has 8 heteroatoms. The molecule has 1 unspecified atom stereocenters. The molecular formula is C20H21NO4S3. The lowest BCUT2D eigenvalue weighted by Gasteiger charge is -2.18. The summed E-state index contributed by atoms with van der Waals surface area (Å²) in [6.07, 6.45) is 0. The highest BCUT2D eigenvalue weighted by molar-refractivity contribution is 7.93. The summed E-state index contributed by atoms with van der Waals surface area (Å²) in [5.74, 6) is 0. The number of rotatable bonds is 7. The van der Waals surface area contributed by atoms with Gasteiger partial charge in [-0.15, -0.1) is 11.3 Å². The van der Waals surface area contributed by atoms with Crippen molar-refractivity contribution in [3.8, 4) is 0 Å². The van der Waals surface area contributed by atoms with Crippen molar-refractivity contribution in [3.05, 3.63) is 82.7 Å². The van der Waals surface area contributed by atoms with Gasteiger partial charge in [-0.1, -0.05) is 54.1 Å². The third kappa shape index (κ3) is 4.35. The molecule has 2 aromatic carbocycles. The van der Waals surface area contributed by atoms with E-state index in [1.807, 2.05) is 6.92 Å². The van der Waals surface area contributed by atoms with Gasteiger partial charge in [0.25, 0.3) is 0 Å². The van der Waals surface area contributed by atoms with E-state index in [0.717, 1.165) is 16.9 Å². The van der Waals surface area contributed by atoms with Crippen molar-refractivity contribution in [2.45, 2.75) is 28.2 Å². The first-order chi connectivity index (χ1) is 13.2. The van der Waals surface area contributed by atoms with E-state index in [2.05, 4.69) is 4.72 Å². The largest absolute Gasteiger partial charge is 0.240 e. The van der Waals surface area contributed by atoms with Gasteiger partial charge in [0.1, 0.15) is 9.46 Å². The highest BCUT2D eigenvalue weighted by Crippen LogP contribution is 2.31. The summed E-state index contributed by atoms with van der Waals surface area (Å²) >= 11 is 1.12. The minimum absolute atomic E-state index is 0.151. The molecule has 1 heterocycles. The van der Waals surface area contributed by atoms with Gasteiger partial charge < -0.3 is 0 Å². The molecule has 0 spiro atoms. The summed E-state index contributed by atoms with van der Waals surface area (Å²) in [5, 5.41) is 0.669. The predicted octanol–water partition coefficient (Wildman–Crippen LogP) is 3.86. The van der Waals surface area contributed by atoms with E-state index in [9.17, 15) is 16.8 Å². The van der Waals surface area contributed by atoms with Crippen LogP contribution in [0.4, 0.5) is 0 Å². The second-order valence-corrected chi connectivity index (χ2v) is 11.5. The third-order valence-electron chi connectivity index (χ3n) is 4.40. The zero-order chi connectivity index (χ0) is 20.4. The third-order valence-corrected chi connectivity index (χ3v) is 9.52. The van der Waals surface area contributed by atoms with Gasteiger partial charge >= 0.3 is 0 Å². The van der Waals surface area contributed by atoms with E-state index in [1.54, 1.807) is 60.8 Å². The minimum atomic E-state index is -3.85. The highest BCUT2D eigenvalue weighted by atomic mass is 32.2. The van der Waals surface area contributed by atoms with Crippen LogP contribution in [0.2, 0.25) is 0 Å². The van der Waals surface area contributed by atoms with E-state index >= 15 is 0 Å². The predicted molar refractivity (Wildman–Crippen MR) is 112 cm³/mol. The van der Waals surface area contributed by atoms with Crippen molar-refractivity contribution in [1.82, 2.24) is 4.72 Å². The molecule has 0 fully saturated rings. The lowest BCUT2D eigenvalue weighted by molar-refractivity contribution is 0.569. The molecule has 0 amide bonds. The molecule has 1 aromatic heterocycles. The van der Waals surface area contributed by atoms with Crippen LogP contribution >= 0.6 is 11.3 Å². The van der Waals surface area contributed by atoms with Crippen molar-refractivity contribution in [3.63, 3.8) is 0 Å².